The van der Waals surface area contributed by atoms with Crippen molar-refractivity contribution in [2.24, 2.45) is 5.92 Å². The summed E-state index contributed by atoms with van der Waals surface area (Å²) in [7, 11) is 0. The second kappa shape index (κ2) is 13.2. The molecule has 2 rings (SSSR count). The minimum Gasteiger partial charge on any atom is -0.493 e. The monoisotopic (exact) mass is 627 g/mol. The van der Waals surface area contributed by atoms with Gasteiger partial charge in [-0.25, -0.2) is 0 Å². The lowest BCUT2D eigenvalue weighted by Gasteiger charge is -2.20. The van der Waals surface area contributed by atoms with E-state index in [1.165, 1.54) is 0 Å². The van der Waals surface area contributed by atoms with Crippen LogP contribution in [-0.4, -0.2) is 30.1 Å². The van der Waals surface area contributed by atoms with Crippen LogP contribution in [0.1, 0.15) is 57.0 Å². The largest absolute Gasteiger partial charge is 0.493 e. The molecule has 0 aliphatic rings. The van der Waals surface area contributed by atoms with Gasteiger partial charge in [-0.1, -0.05) is 56.6 Å². The highest BCUT2D eigenvalue weighted by Crippen LogP contribution is 2.31. The van der Waals surface area contributed by atoms with Crippen molar-refractivity contribution in [1.82, 2.24) is 16.2 Å². The van der Waals surface area contributed by atoms with Crippen LogP contribution >= 0.6 is 44.1 Å². The number of halogens is 2. The Morgan fingerprint density at radius 2 is 1.69 bits per heavy atom. The molecule has 0 bridgehead atoms. The van der Waals surface area contributed by atoms with E-state index >= 15 is 0 Å². The maximum Gasteiger partial charge on any atom is 0.276 e. The lowest BCUT2D eigenvalue weighted by Crippen LogP contribution is -2.49. The highest BCUT2D eigenvalue weighted by Gasteiger charge is 2.17. The number of benzene rings is 2. The average Bonchev–Trinajstić information content (AvgIpc) is 2.76. The van der Waals surface area contributed by atoms with Crippen molar-refractivity contribution in [2.75, 3.05) is 13.2 Å². The van der Waals surface area contributed by atoms with Gasteiger partial charge in [0.1, 0.15) is 11.5 Å². The Balaban J connectivity index is 1.86. The fraction of sp³-hybridized carbons (Fsp3) is 0.400. The zero-order valence-corrected chi connectivity index (χ0v) is 24.4. The molecule has 0 spiro atoms. The molecule has 2 aromatic rings. The normalized spacial score (nSPS) is 11.1. The Morgan fingerprint density at radius 3 is 2.31 bits per heavy atom. The minimum atomic E-state index is -0.464. The summed E-state index contributed by atoms with van der Waals surface area (Å²) in [5, 5.41) is 2.48. The van der Waals surface area contributed by atoms with Crippen LogP contribution in [0.15, 0.2) is 45.3 Å². The number of ether oxygens (including phenoxy) is 2. The molecule has 0 heterocycles. The van der Waals surface area contributed by atoms with Gasteiger partial charge in [0.2, 0.25) is 0 Å². The summed E-state index contributed by atoms with van der Waals surface area (Å²) < 4.78 is 12.8. The third-order valence-corrected chi connectivity index (χ3v) is 6.16. The van der Waals surface area contributed by atoms with E-state index in [0.29, 0.717) is 29.6 Å². The highest BCUT2D eigenvalue weighted by atomic mass is 79.9. The Morgan fingerprint density at radius 1 is 1.00 bits per heavy atom. The summed E-state index contributed by atoms with van der Waals surface area (Å²) in [5.41, 5.74) is 6.39. The van der Waals surface area contributed by atoms with E-state index in [-0.39, 0.29) is 17.1 Å². The fourth-order valence-corrected chi connectivity index (χ4v) is 3.80. The van der Waals surface area contributed by atoms with Crippen LogP contribution < -0.4 is 25.6 Å². The van der Waals surface area contributed by atoms with E-state index in [9.17, 15) is 9.59 Å². The number of carbonyl (C=O) groups excluding carboxylic acids is 2. The third-order valence-electron chi connectivity index (χ3n) is 4.84. The van der Waals surface area contributed by atoms with Gasteiger partial charge in [0.15, 0.2) is 11.7 Å². The molecule has 0 aliphatic carbocycles. The second-order valence-corrected chi connectivity index (χ2v) is 11.5. The van der Waals surface area contributed by atoms with E-state index in [0.717, 1.165) is 20.9 Å². The minimum absolute atomic E-state index is 0.000718. The fourth-order valence-electron chi connectivity index (χ4n) is 2.80. The number of nitrogens with one attached hydrogen (secondary N) is 3. The van der Waals surface area contributed by atoms with Crippen molar-refractivity contribution in [1.29, 1.82) is 0 Å². The van der Waals surface area contributed by atoms with E-state index < -0.39 is 11.8 Å². The molecule has 0 saturated carbocycles. The summed E-state index contributed by atoms with van der Waals surface area (Å²) in [6.07, 6.45) is 0.864. The van der Waals surface area contributed by atoms with Crippen molar-refractivity contribution in [2.45, 2.75) is 46.5 Å². The van der Waals surface area contributed by atoms with Crippen LogP contribution in [0.2, 0.25) is 0 Å². The summed E-state index contributed by atoms with van der Waals surface area (Å²) in [6, 6.07) is 10.9. The molecule has 10 heteroatoms. The summed E-state index contributed by atoms with van der Waals surface area (Å²) in [5.74, 6) is 0.555. The van der Waals surface area contributed by atoms with Crippen LogP contribution in [0.3, 0.4) is 0 Å². The lowest BCUT2D eigenvalue weighted by molar-refractivity contribution is -0.123. The zero-order chi connectivity index (χ0) is 26.2. The first-order chi connectivity index (χ1) is 16.4. The van der Waals surface area contributed by atoms with Crippen molar-refractivity contribution < 1.29 is 19.1 Å². The van der Waals surface area contributed by atoms with E-state index in [1.54, 1.807) is 18.2 Å². The Kier molecular flexibility index (Phi) is 11.0. The van der Waals surface area contributed by atoms with Crippen LogP contribution in [0.5, 0.6) is 11.5 Å². The first-order valence-electron chi connectivity index (χ1n) is 11.1. The van der Waals surface area contributed by atoms with Gasteiger partial charge >= 0.3 is 0 Å². The SMILES string of the molecule is CC(C)CCOc1ccc(Br)cc1C(=O)NC(=S)NNC(=O)COc1ccc(C(C)(C)C)cc1Br. The van der Waals surface area contributed by atoms with E-state index in [1.807, 2.05) is 18.2 Å². The Labute approximate surface area is 228 Å². The lowest BCUT2D eigenvalue weighted by atomic mass is 9.87. The Bertz CT molecular complexity index is 1070. The highest BCUT2D eigenvalue weighted by molar-refractivity contribution is 9.10. The molecule has 0 atom stereocenters. The van der Waals surface area contributed by atoms with Crippen molar-refractivity contribution in [3.63, 3.8) is 0 Å². The molecule has 35 heavy (non-hydrogen) atoms. The number of hydrazine groups is 1. The molecule has 0 unspecified atom stereocenters. The van der Waals surface area contributed by atoms with Crippen molar-refractivity contribution in [3.05, 3.63) is 56.5 Å². The third kappa shape index (κ3) is 9.77. The number of amides is 2. The van der Waals surface area contributed by atoms with Gasteiger partial charge in [0.05, 0.1) is 16.6 Å². The van der Waals surface area contributed by atoms with Crippen molar-refractivity contribution in [3.8, 4) is 11.5 Å². The van der Waals surface area contributed by atoms with Gasteiger partial charge in [-0.15, -0.1) is 0 Å². The summed E-state index contributed by atoms with van der Waals surface area (Å²) >= 11 is 12.0. The molecule has 190 valence electrons. The van der Waals surface area contributed by atoms with Gasteiger partial charge in [0.25, 0.3) is 11.8 Å². The number of hydrogen-bond donors (Lipinski definition) is 3. The number of thiocarbonyl (C=S) groups is 1. The maximum atomic E-state index is 12.7. The number of rotatable bonds is 8. The molecule has 3 N–H and O–H groups in total. The molecule has 2 aromatic carbocycles. The van der Waals surface area contributed by atoms with Crippen LogP contribution in [0, 0.1) is 5.92 Å². The molecule has 0 radical (unpaired) electrons. The van der Waals surface area contributed by atoms with Crippen LogP contribution in [0.4, 0.5) is 0 Å². The second-order valence-electron chi connectivity index (χ2n) is 9.31. The van der Waals surface area contributed by atoms with Gasteiger partial charge in [-0.05, 0) is 81.8 Å². The average molecular weight is 629 g/mol. The molecule has 0 saturated heterocycles. The standard InChI is InChI=1S/C25H31Br2N3O4S/c1-15(2)10-11-33-20-9-7-17(26)13-18(20)23(32)28-24(35)30-29-22(31)14-34-21-8-6-16(12-19(21)27)25(3,4)5/h6-9,12-13,15H,10-11,14H2,1-5H3,(H,29,31)(H2,28,30,32,35). The number of hydrogen-bond acceptors (Lipinski definition) is 5. The van der Waals surface area contributed by atoms with E-state index in [4.69, 9.17) is 21.7 Å². The predicted octanol–water partition coefficient (Wildman–Crippen LogP) is 5.65. The number of carbonyl (C=O) groups is 2. The summed E-state index contributed by atoms with van der Waals surface area (Å²) in [4.78, 5) is 24.9. The van der Waals surface area contributed by atoms with Crippen molar-refractivity contribution >= 4 is 61.0 Å². The van der Waals surface area contributed by atoms with Crippen LogP contribution in [0.25, 0.3) is 0 Å². The zero-order valence-electron chi connectivity index (χ0n) is 20.5. The van der Waals surface area contributed by atoms with Crippen LogP contribution in [-0.2, 0) is 10.2 Å². The molecular weight excluding hydrogens is 598 g/mol. The quantitative estimate of drug-likeness (QED) is 0.259. The molecule has 2 amide bonds. The first-order valence-corrected chi connectivity index (χ1v) is 13.1. The molecule has 0 aliphatic heterocycles. The predicted molar refractivity (Wildman–Crippen MR) is 149 cm³/mol. The van der Waals surface area contributed by atoms with Gasteiger partial charge < -0.3 is 9.47 Å². The molecule has 0 aromatic heterocycles. The first kappa shape index (κ1) is 29.1. The van der Waals surface area contributed by atoms with Gasteiger partial charge in [-0.3, -0.25) is 25.8 Å². The van der Waals surface area contributed by atoms with Gasteiger partial charge in [-0.2, -0.15) is 0 Å². The maximum absolute atomic E-state index is 12.7. The molecular formula is C25H31Br2N3O4S. The smallest absolute Gasteiger partial charge is 0.276 e. The molecule has 0 fully saturated rings. The topological polar surface area (TPSA) is 88.7 Å². The van der Waals surface area contributed by atoms with Gasteiger partial charge in [0, 0.05) is 4.47 Å². The molecule has 7 nitrogen and oxygen atoms in total. The summed E-state index contributed by atoms with van der Waals surface area (Å²) in [6.45, 7) is 10.8. The Hall–Kier alpha value is -2.17. The van der Waals surface area contributed by atoms with E-state index in [2.05, 4.69) is 82.6 Å².